The summed E-state index contributed by atoms with van der Waals surface area (Å²) in [5.41, 5.74) is 3.39. The van der Waals surface area contributed by atoms with Crippen molar-refractivity contribution in [2.45, 2.75) is 68.3 Å². The van der Waals surface area contributed by atoms with Crippen LogP contribution in [0.4, 0.5) is 5.69 Å². The Morgan fingerprint density at radius 1 is 1.12 bits per heavy atom. The fourth-order valence-electron chi connectivity index (χ4n) is 7.50. The number of halogens is 1. The first-order valence-electron chi connectivity index (χ1n) is 15.2. The van der Waals surface area contributed by atoms with Crippen molar-refractivity contribution in [3.8, 4) is 5.75 Å². The number of anilines is 1. The minimum atomic E-state index is -4.02. The number of nitrogens with zero attached hydrogens (tertiary/aromatic N) is 1. The van der Waals surface area contributed by atoms with Crippen molar-refractivity contribution in [3.63, 3.8) is 0 Å². The Bertz CT molecular complexity index is 1510. The maximum atomic E-state index is 13.4. The van der Waals surface area contributed by atoms with Crippen LogP contribution in [0.25, 0.3) is 0 Å². The molecular formula is C33H41ClN2O6S. The lowest BCUT2D eigenvalue weighted by Gasteiger charge is -2.46. The lowest BCUT2D eigenvalue weighted by molar-refractivity contribution is 0.0129. The van der Waals surface area contributed by atoms with Gasteiger partial charge in [0.15, 0.2) is 0 Å². The molecule has 1 fully saturated rings. The molecule has 2 bridgehead atoms. The van der Waals surface area contributed by atoms with Crippen LogP contribution < -0.4 is 14.4 Å². The molecule has 6 rings (SSSR count). The molecule has 10 heteroatoms. The summed E-state index contributed by atoms with van der Waals surface area (Å²) in [7, 11) is -0.792. The number of ether oxygens (including phenoxy) is 3. The normalized spacial score (nSPS) is 32.8. The fourth-order valence-corrected chi connectivity index (χ4v) is 8.87. The Balaban J connectivity index is 1.43. The van der Waals surface area contributed by atoms with Gasteiger partial charge in [0.1, 0.15) is 11.0 Å². The second kappa shape index (κ2) is 12.1. The molecule has 0 saturated heterocycles. The monoisotopic (exact) mass is 628 g/mol. The fraction of sp³-hybridized carbons (Fsp3) is 0.545. The van der Waals surface area contributed by atoms with Crippen LogP contribution in [0.1, 0.15) is 60.5 Å². The molecule has 1 spiro atoms. The van der Waals surface area contributed by atoms with Gasteiger partial charge in [-0.15, -0.1) is 0 Å². The van der Waals surface area contributed by atoms with Crippen LogP contribution in [-0.2, 0) is 31.3 Å². The van der Waals surface area contributed by atoms with Crippen LogP contribution in [0.2, 0.25) is 5.02 Å². The van der Waals surface area contributed by atoms with E-state index >= 15 is 0 Å². The maximum absolute atomic E-state index is 13.4. The topological polar surface area (TPSA) is 94.2 Å². The van der Waals surface area contributed by atoms with Crippen LogP contribution in [0.3, 0.4) is 0 Å². The van der Waals surface area contributed by atoms with E-state index in [0.717, 1.165) is 55.9 Å². The molecule has 1 saturated carbocycles. The van der Waals surface area contributed by atoms with Crippen molar-refractivity contribution in [2.75, 3.05) is 38.8 Å². The molecule has 2 aliphatic carbocycles. The smallest absolute Gasteiger partial charge is 0.264 e. The van der Waals surface area contributed by atoms with Crippen molar-refractivity contribution in [2.24, 2.45) is 11.8 Å². The van der Waals surface area contributed by atoms with Crippen LogP contribution in [0.5, 0.6) is 5.75 Å². The number of sulfonamides is 1. The van der Waals surface area contributed by atoms with E-state index in [9.17, 15) is 13.2 Å². The molecule has 1 amide bonds. The van der Waals surface area contributed by atoms with E-state index in [-0.39, 0.29) is 17.1 Å². The molecule has 1 N–H and O–H groups in total. The first-order valence-corrected chi connectivity index (χ1v) is 17.2. The van der Waals surface area contributed by atoms with E-state index in [2.05, 4.69) is 21.8 Å². The second-order valence-electron chi connectivity index (χ2n) is 12.6. The number of hydrogen-bond donors (Lipinski definition) is 1. The average molecular weight is 629 g/mol. The summed E-state index contributed by atoms with van der Waals surface area (Å²) in [6.45, 7) is 3.58. The second-order valence-corrected chi connectivity index (χ2v) is 15.1. The number of benzene rings is 2. The molecule has 43 heavy (non-hydrogen) atoms. The predicted octanol–water partition coefficient (Wildman–Crippen LogP) is 5.28. The summed E-state index contributed by atoms with van der Waals surface area (Å²) in [5.74, 6) is 0.743. The summed E-state index contributed by atoms with van der Waals surface area (Å²) in [4.78, 5) is 15.8. The maximum Gasteiger partial charge on any atom is 0.264 e. The van der Waals surface area contributed by atoms with Gasteiger partial charge >= 0.3 is 0 Å². The summed E-state index contributed by atoms with van der Waals surface area (Å²) in [6.07, 6.45) is 8.82. The number of rotatable bonds is 2. The Morgan fingerprint density at radius 2 is 1.95 bits per heavy atom. The first-order chi connectivity index (χ1) is 20.6. The summed E-state index contributed by atoms with van der Waals surface area (Å²) < 4.78 is 46.9. The lowest BCUT2D eigenvalue weighted by atomic mass is 9.68. The van der Waals surface area contributed by atoms with Crippen molar-refractivity contribution >= 4 is 33.2 Å². The molecule has 8 nitrogen and oxygen atoms in total. The Morgan fingerprint density at radius 3 is 2.70 bits per heavy atom. The number of carbonyl (C=O) groups is 1. The van der Waals surface area contributed by atoms with Crippen molar-refractivity contribution in [1.29, 1.82) is 0 Å². The van der Waals surface area contributed by atoms with Crippen LogP contribution in [0.15, 0.2) is 48.6 Å². The van der Waals surface area contributed by atoms with E-state index in [1.807, 2.05) is 18.2 Å². The average Bonchev–Trinajstić information content (AvgIpc) is 3.12. The van der Waals surface area contributed by atoms with Crippen LogP contribution in [-0.4, -0.2) is 65.7 Å². The zero-order valence-corrected chi connectivity index (χ0v) is 26.6. The van der Waals surface area contributed by atoms with Gasteiger partial charge < -0.3 is 19.1 Å². The molecule has 2 heterocycles. The van der Waals surface area contributed by atoms with Crippen molar-refractivity contribution in [1.82, 2.24) is 4.72 Å². The highest BCUT2D eigenvalue weighted by molar-refractivity contribution is 7.90. The molecule has 0 radical (unpaired) electrons. The largest absolute Gasteiger partial charge is 0.490 e. The highest BCUT2D eigenvalue weighted by atomic mass is 35.5. The molecule has 6 atom stereocenters. The van der Waals surface area contributed by atoms with E-state index in [1.54, 1.807) is 32.2 Å². The van der Waals surface area contributed by atoms with Gasteiger partial charge in [-0.2, -0.15) is 0 Å². The van der Waals surface area contributed by atoms with Gasteiger partial charge in [0, 0.05) is 43.3 Å². The number of methoxy groups -OCH3 is 2. The molecule has 0 unspecified atom stereocenters. The minimum Gasteiger partial charge on any atom is -0.490 e. The molecule has 232 valence electrons. The van der Waals surface area contributed by atoms with Crippen LogP contribution >= 0.6 is 11.6 Å². The first kappa shape index (κ1) is 30.4. The lowest BCUT2D eigenvalue weighted by Crippen LogP contribution is -2.49. The summed E-state index contributed by atoms with van der Waals surface area (Å²) in [6, 6.07) is 11.4. The Hall–Kier alpha value is -2.59. The Labute approximate surface area is 259 Å². The van der Waals surface area contributed by atoms with Gasteiger partial charge in [-0.1, -0.05) is 29.8 Å². The van der Waals surface area contributed by atoms with Gasteiger partial charge in [0.05, 0.1) is 24.5 Å². The van der Waals surface area contributed by atoms with Gasteiger partial charge in [0.25, 0.3) is 5.91 Å². The molecule has 2 aromatic carbocycles. The number of nitrogens with one attached hydrogen (secondary N) is 1. The molecule has 2 aromatic rings. The highest BCUT2D eigenvalue weighted by Crippen LogP contribution is 2.47. The number of carbonyl (C=O) groups excluding carboxylic acids is 1. The van der Waals surface area contributed by atoms with Gasteiger partial charge in [0.2, 0.25) is 10.0 Å². The van der Waals surface area contributed by atoms with Gasteiger partial charge in [-0.3, -0.25) is 4.79 Å². The predicted molar refractivity (Wildman–Crippen MR) is 168 cm³/mol. The number of hydrogen-bond acceptors (Lipinski definition) is 7. The van der Waals surface area contributed by atoms with Gasteiger partial charge in [-0.25, -0.2) is 13.1 Å². The van der Waals surface area contributed by atoms with Crippen LogP contribution in [0, 0.1) is 11.8 Å². The molecule has 2 aliphatic heterocycles. The van der Waals surface area contributed by atoms with Gasteiger partial charge in [-0.05, 0) is 98.7 Å². The van der Waals surface area contributed by atoms with Crippen molar-refractivity contribution < 1.29 is 27.4 Å². The third-order valence-corrected chi connectivity index (χ3v) is 12.2. The third-order valence-electron chi connectivity index (χ3n) is 10.2. The third kappa shape index (κ3) is 5.81. The molecule has 0 aromatic heterocycles. The minimum absolute atomic E-state index is 0.0867. The molecule has 4 aliphatic rings. The van der Waals surface area contributed by atoms with E-state index in [4.69, 9.17) is 25.8 Å². The van der Waals surface area contributed by atoms with E-state index in [0.29, 0.717) is 30.6 Å². The SMILES string of the molecule is CO[C@H]1/C=C/C[C@@H](OC)[C@H](C)S(=O)(=O)NC(=O)c2ccc3c(c2)N(C[C@@H]2CC[C@H]21)C[C@@]1(CCCc2cc(Cl)ccc21)CO3. The standard InChI is InChI=1S/C33H41ClN2O6S/c1-21-29(40-2)7-4-8-30(41-3)26-12-9-24(26)18-36-19-33(15-5-6-22-16-25(34)11-13-27(22)33)20-42-31-14-10-23(17-28(31)36)32(37)35-43(21,38)39/h4,8,10-11,13-14,16-17,21,24,26,29-30H,5-7,9,12,15,18-20H2,1-3H3,(H,35,37)/b8-4+/t21-,24-,26+,29+,30-,33-/m0/s1. The summed E-state index contributed by atoms with van der Waals surface area (Å²) >= 11 is 6.40. The quantitative estimate of drug-likeness (QED) is 0.453. The number of fused-ring (bicyclic) bond motifs is 4. The number of aryl methyl sites for hydroxylation is 1. The molecular weight excluding hydrogens is 588 g/mol. The zero-order valence-electron chi connectivity index (χ0n) is 25.1. The Kier molecular flexibility index (Phi) is 8.54. The summed E-state index contributed by atoms with van der Waals surface area (Å²) in [5, 5.41) is -0.205. The zero-order chi connectivity index (χ0) is 30.4. The van der Waals surface area contributed by atoms with E-state index in [1.165, 1.54) is 18.2 Å². The highest BCUT2D eigenvalue weighted by Gasteiger charge is 2.44. The van der Waals surface area contributed by atoms with E-state index < -0.39 is 27.3 Å². The number of amides is 1. The van der Waals surface area contributed by atoms with Crippen molar-refractivity contribution in [3.05, 3.63) is 70.3 Å².